The van der Waals surface area contributed by atoms with E-state index in [0.717, 1.165) is 12.0 Å². The van der Waals surface area contributed by atoms with Crippen molar-refractivity contribution in [2.45, 2.75) is 180 Å². The maximum absolute atomic E-state index is 14.3. The van der Waals surface area contributed by atoms with Gasteiger partial charge in [0.2, 0.25) is 5.79 Å². The number of carbonyl (C=O) groups is 5. The summed E-state index contributed by atoms with van der Waals surface area (Å²) in [6, 6.07) is -1.12. The van der Waals surface area contributed by atoms with Gasteiger partial charge in [0.05, 0.1) is 30.5 Å². The molecule has 3 heterocycles. The molecule has 2 bridgehead atoms. The van der Waals surface area contributed by atoms with Crippen LogP contribution in [0.2, 0.25) is 0 Å². The lowest BCUT2D eigenvalue weighted by atomic mass is 9.78. The molecule has 13 nitrogen and oxygen atoms in total. The Bertz CT molecular complexity index is 1700. The minimum Gasteiger partial charge on any atom is -0.460 e. The number of Topliss-reactive ketones (excluding diaryl/α,β-unsaturated/α-hetero) is 3. The van der Waals surface area contributed by atoms with Gasteiger partial charge in [0.15, 0.2) is 0 Å². The second-order valence-electron chi connectivity index (χ2n) is 19.3. The van der Waals surface area contributed by atoms with Crippen molar-refractivity contribution in [3.05, 3.63) is 47.6 Å². The Hall–Kier alpha value is -3.33. The van der Waals surface area contributed by atoms with E-state index in [9.17, 15) is 39.3 Å². The highest BCUT2D eigenvalue weighted by Crippen LogP contribution is 2.37. The lowest BCUT2D eigenvalue weighted by Gasteiger charge is -2.42. The first-order valence-corrected chi connectivity index (χ1v) is 23.4. The SMILES string of the molecule is CO[C@H]1C[C@@H]2CC[C@@H](C)[C@@](O)(O2)C(=O)C(=O)N2CCCC[C@H]2C(=O)O[C@H]([C@H](C)C[C@@H]2CCC(O)[C@H](OC)C2)CC(=O)[C@H](C)/C=C(\C)[C@@H](O)CC(=O)[C@H](C)C[C@H](C)/C=C/C=CC=C1C. The van der Waals surface area contributed by atoms with Gasteiger partial charge in [-0.25, -0.2) is 4.79 Å². The van der Waals surface area contributed by atoms with Gasteiger partial charge in [-0.1, -0.05) is 71.1 Å². The number of hydrogen-bond acceptors (Lipinski definition) is 12. The van der Waals surface area contributed by atoms with Crippen LogP contribution in [0.4, 0.5) is 0 Å². The highest BCUT2D eigenvalue weighted by atomic mass is 16.6. The third kappa shape index (κ3) is 14.3. The highest BCUT2D eigenvalue weighted by molar-refractivity contribution is 6.39. The van der Waals surface area contributed by atoms with E-state index in [1.54, 1.807) is 41.1 Å². The third-order valence-electron chi connectivity index (χ3n) is 14.2. The number of piperidine rings is 1. The van der Waals surface area contributed by atoms with Crippen LogP contribution in [-0.2, 0) is 42.9 Å². The minimum atomic E-state index is -2.42. The number of esters is 1. The normalized spacial score (nSPS) is 38.8. The van der Waals surface area contributed by atoms with E-state index < -0.39 is 71.8 Å². The van der Waals surface area contributed by atoms with Crippen molar-refractivity contribution >= 4 is 29.2 Å². The summed E-state index contributed by atoms with van der Waals surface area (Å²) >= 11 is 0. The zero-order valence-corrected chi connectivity index (χ0v) is 39.3. The van der Waals surface area contributed by atoms with Gasteiger partial charge in [-0.3, -0.25) is 19.2 Å². The minimum absolute atomic E-state index is 0.0725. The third-order valence-corrected chi connectivity index (χ3v) is 14.2. The van der Waals surface area contributed by atoms with Crippen molar-refractivity contribution in [3.8, 4) is 0 Å². The fourth-order valence-corrected chi connectivity index (χ4v) is 9.78. The molecule has 63 heavy (non-hydrogen) atoms. The Kier molecular flexibility index (Phi) is 20.1. The number of fused-ring (bicyclic) bond motifs is 3. The molecule has 2 saturated heterocycles. The van der Waals surface area contributed by atoms with Crippen molar-refractivity contribution < 1.29 is 58.2 Å². The molecule has 1 amide bonds. The Morgan fingerprint density at radius 1 is 0.841 bits per heavy atom. The topological polar surface area (TPSA) is 186 Å². The maximum Gasteiger partial charge on any atom is 0.329 e. The number of amides is 1. The number of carbonyl (C=O) groups excluding carboxylic acids is 5. The Labute approximate surface area is 375 Å². The van der Waals surface area contributed by atoms with Crippen LogP contribution in [0.5, 0.6) is 0 Å². The zero-order valence-electron chi connectivity index (χ0n) is 39.3. The van der Waals surface area contributed by atoms with Gasteiger partial charge in [0.25, 0.3) is 11.7 Å². The molecule has 3 aliphatic heterocycles. The molecule has 1 unspecified atom stereocenters. The van der Waals surface area contributed by atoms with Gasteiger partial charge in [0.1, 0.15) is 23.7 Å². The quantitative estimate of drug-likeness (QED) is 0.154. The number of cyclic esters (lactones) is 1. The van der Waals surface area contributed by atoms with Gasteiger partial charge in [0, 0.05) is 57.8 Å². The summed E-state index contributed by atoms with van der Waals surface area (Å²) in [6.45, 7) is 12.9. The molecule has 1 saturated carbocycles. The standard InChI is InChI=1S/C50H77NO12/c1-30-15-11-10-12-16-31(2)44(60-8)27-38-20-18-36(7)50(59,63-38)47(56)48(57)51-22-14-13-17-39(51)49(58)62-45(35(6)25-37-19-21-40(52)46(26-37)61-9)29-43(55)34(5)24-33(4)42(54)28-41(53)32(3)23-30/h10-12,15-16,24,30,32,34-40,42,44-46,52,54,59H,13-14,17-23,25-29H2,1-9H3/b12-10?,15-11+,31-16?,33-24+/t30-,32-,34-,35-,36-,37+,38+,39+,40?,42+,44+,45+,46-,50-/m1/s1. The number of hydrogen-bond donors (Lipinski definition) is 3. The fraction of sp³-hybridized carbons (Fsp3) is 0.740. The van der Waals surface area contributed by atoms with Crippen LogP contribution in [0.25, 0.3) is 0 Å². The monoisotopic (exact) mass is 884 g/mol. The zero-order chi connectivity index (χ0) is 46.6. The number of allylic oxidation sites excluding steroid dienone is 6. The number of aliphatic hydroxyl groups excluding tert-OH is 2. The molecule has 3 fully saturated rings. The Morgan fingerprint density at radius 2 is 1.57 bits per heavy atom. The van der Waals surface area contributed by atoms with Crippen LogP contribution in [-0.4, -0.2) is 119 Å². The largest absolute Gasteiger partial charge is 0.460 e. The lowest BCUT2D eigenvalue weighted by molar-refractivity contribution is -0.265. The van der Waals surface area contributed by atoms with Gasteiger partial charge >= 0.3 is 5.97 Å². The predicted molar refractivity (Wildman–Crippen MR) is 239 cm³/mol. The molecule has 0 aromatic rings. The summed E-state index contributed by atoms with van der Waals surface area (Å²) < 4.78 is 23.8. The average molecular weight is 884 g/mol. The molecule has 0 spiro atoms. The van der Waals surface area contributed by atoms with Crippen molar-refractivity contribution in [1.82, 2.24) is 4.90 Å². The van der Waals surface area contributed by atoms with E-state index in [4.69, 9.17) is 18.9 Å². The average Bonchev–Trinajstić information content (AvgIpc) is 3.25. The van der Waals surface area contributed by atoms with Crippen LogP contribution < -0.4 is 0 Å². The van der Waals surface area contributed by atoms with Crippen molar-refractivity contribution in [2.75, 3.05) is 20.8 Å². The van der Waals surface area contributed by atoms with E-state index >= 15 is 0 Å². The second-order valence-corrected chi connectivity index (χ2v) is 19.3. The molecule has 1 aliphatic carbocycles. The number of nitrogens with zero attached hydrogens (tertiary/aromatic N) is 1. The first-order valence-electron chi connectivity index (χ1n) is 23.4. The van der Waals surface area contributed by atoms with Gasteiger partial charge < -0.3 is 39.2 Å². The highest BCUT2D eigenvalue weighted by Gasteiger charge is 2.53. The maximum atomic E-state index is 14.3. The summed E-state index contributed by atoms with van der Waals surface area (Å²) in [5.74, 6) is -7.36. The van der Waals surface area contributed by atoms with E-state index in [0.29, 0.717) is 63.4 Å². The summed E-state index contributed by atoms with van der Waals surface area (Å²) in [6.07, 6.45) is 13.0. The Morgan fingerprint density at radius 3 is 2.27 bits per heavy atom. The molecular formula is C50H77NO12. The first-order chi connectivity index (χ1) is 29.8. The molecule has 0 aromatic heterocycles. The van der Waals surface area contributed by atoms with Crippen LogP contribution in [0.3, 0.4) is 0 Å². The summed E-state index contributed by atoms with van der Waals surface area (Å²) in [7, 11) is 3.15. The molecule has 0 aromatic carbocycles. The molecule has 0 radical (unpaired) electrons. The van der Waals surface area contributed by atoms with Crippen molar-refractivity contribution in [1.29, 1.82) is 0 Å². The lowest BCUT2D eigenvalue weighted by Crippen LogP contribution is -2.61. The number of ketones is 3. The number of ether oxygens (including phenoxy) is 4. The number of rotatable bonds is 5. The fourth-order valence-electron chi connectivity index (χ4n) is 9.78. The van der Waals surface area contributed by atoms with Crippen molar-refractivity contribution in [3.63, 3.8) is 0 Å². The number of methoxy groups -OCH3 is 2. The summed E-state index contributed by atoms with van der Waals surface area (Å²) in [5, 5.41) is 33.5. The molecule has 14 atom stereocenters. The first kappa shape index (κ1) is 52.3. The van der Waals surface area contributed by atoms with Crippen molar-refractivity contribution in [2.24, 2.45) is 35.5 Å². The van der Waals surface area contributed by atoms with Crippen LogP contribution in [0.15, 0.2) is 47.6 Å². The Balaban J connectivity index is 1.67. The smallest absolute Gasteiger partial charge is 0.329 e. The van der Waals surface area contributed by atoms with E-state index in [1.165, 1.54) is 4.90 Å². The molecule has 4 aliphatic rings. The van der Waals surface area contributed by atoms with Crippen LogP contribution >= 0.6 is 0 Å². The number of aliphatic hydroxyl groups is 3. The van der Waals surface area contributed by atoms with E-state index in [2.05, 4.69) is 0 Å². The van der Waals surface area contributed by atoms with Gasteiger partial charge in [-0.05, 0) is 107 Å². The molecule has 3 N–H and O–H groups in total. The molecule has 13 heteroatoms. The van der Waals surface area contributed by atoms with Crippen LogP contribution in [0, 0.1) is 35.5 Å². The predicted octanol–water partition coefficient (Wildman–Crippen LogP) is 6.56. The van der Waals surface area contributed by atoms with E-state index in [-0.39, 0.29) is 67.1 Å². The molecular weight excluding hydrogens is 807 g/mol. The van der Waals surface area contributed by atoms with Gasteiger partial charge in [-0.2, -0.15) is 0 Å². The van der Waals surface area contributed by atoms with E-state index in [1.807, 2.05) is 58.1 Å². The molecule has 4 rings (SSSR count). The second kappa shape index (κ2) is 24.3. The van der Waals surface area contributed by atoms with Crippen LogP contribution in [0.1, 0.15) is 132 Å². The summed E-state index contributed by atoms with van der Waals surface area (Å²) in [4.78, 5) is 71.1. The summed E-state index contributed by atoms with van der Waals surface area (Å²) in [5.41, 5.74) is 1.39. The van der Waals surface area contributed by atoms with Gasteiger partial charge in [-0.15, -0.1) is 0 Å². The molecule has 354 valence electrons.